The Balaban J connectivity index is 2.22. The van der Waals surface area contributed by atoms with Crippen LogP contribution in [0.25, 0.3) is 0 Å². The Labute approximate surface area is 113 Å². The lowest BCUT2D eigenvalue weighted by Crippen LogP contribution is -2.48. The number of carboxylic acid groups (broad SMARTS) is 1. The van der Waals surface area contributed by atoms with Crippen LogP contribution >= 0.6 is 0 Å². The van der Waals surface area contributed by atoms with E-state index in [4.69, 9.17) is 0 Å². The Kier molecular flexibility index (Phi) is 4.20. The fourth-order valence-corrected chi connectivity index (χ4v) is 2.55. The lowest BCUT2D eigenvalue weighted by Gasteiger charge is -2.33. The van der Waals surface area contributed by atoms with Gasteiger partial charge < -0.3 is 10.0 Å². The average Bonchev–Trinajstić information content (AvgIpc) is 2.41. The minimum absolute atomic E-state index is 0.148. The van der Waals surface area contributed by atoms with Crippen LogP contribution in [0, 0.1) is 0 Å². The summed E-state index contributed by atoms with van der Waals surface area (Å²) in [7, 11) is 0. The highest BCUT2D eigenvalue weighted by Gasteiger charge is 2.33. The first-order valence-electron chi connectivity index (χ1n) is 6.76. The molecule has 19 heavy (non-hydrogen) atoms. The van der Waals surface area contributed by atoms with Gasteiger partial charge >= 0.3 is 5.97 Å². The van der Waals surface area contributed by atoms with E-state index in [0.29, 0.717) is 18.5 Å². The van der Waals surface area contributed by atoms with Crippen molar-refractivity contribution < 1.29 is 14.7 Å². The van der Waals surface area contributed by atoms with Gasteiger partial charge in [0.05, 0.1) is 0 Å². The number of hydrogen-bond donors (Lipinski definition) is 1. The lowest BCUT2D eigenvalue weighted by molar-refractivity contribution is -0.142. The zero-order chi connectivity index (χ0) is 13.8. The van der Waals surface area contributed by atoms with E-state index in [1.807, 2.05) is 25.1 Å². The summed E-state index contributed by atoms with van der Waals surface area (Å²) in [6, 6.07) is 6.76. The third-order valence-electron chi connectivity index (χ3n) is 3.62. The molecule has 0 saturated carbocycles. The Bertz CT molecular complexity index is 484. The molecule has 1 heterocycles. The molecule has 0 spiro atoms. The van der Waals surface area contributed by atoms with Crippen LogP contribution in [0.15, 0.2) is 24.3 Å². The summed E-state index contributed by atoms with van der Waals surface area (Å²) in [6.45, 7) is 2.52. The number of carbonyl (C=O) groups is 2. The van der Waals surface area contributed by atoms with Crippen molar-refractivity contribution in [1.82, 2.24) is 4.90 Å². The molecule has 1 amide bonds. The van der Waals surface area contributed by atoms with Crippen LogP contribution < -0.4 is 0 Å². The van der Waals surface area contributed by atoms with Crippen molar-refractivity contribution >= 4 is 11.9 Å². The number of amides is 1. The van der Waals surface area contributed by atoms with Crippen LogP contribution in [-0.2, 0) is 11.2 Å². The minimum Gasteiger partial charge on any atom is -0.480 e. The zero-order valence-corrected chi connectivity index (χ0v) is 11.1. The van der Waals surface area contributed by atoms with Crippen molar-refractivity contribution in [2.24, 2.45) is 0 Å². The predicted molar refractivity (Wildman–Crippen MR) is 72.1 cm³/mol. The molecule has 4 heteroatoms. The van der Waals surface area contributed by atoms with Gasteiger partial charge in [0.2, 0.25) is 0 Å². The van der Waals surface area contributed by atoms with Crippen molar-refractivity contribution in [3.63, 3.8) is 0 Å². The second-order valence-electron chi connectivity index (χ2n) is 4.90. The highest BCUT2D eigenvalue weighted by atomic mass is 16.4. The number of carbonyl (C=O) groups excluding carboxylic acids is 1. The number of rotatable bonds is 5. The van der Waals surface area contributed by atoms with Gasteiger partial charge in [-0.05, 0) is 24.5 Å². The fourth-order valence-electron chi connectivity index (χ4n) is 2.55. The predicted octanol–water partition coefficient (Wildman–Crippen LogP) is 2.33. The van der Waals surface area contributed by atoms with Crippen molar-refractivity contribution in [3.8, 4) is 0 Å². The van der Waals surface area contributed by atoms with E-state index >= 15 is 0 Å². The molecule has 1 unspecified atom stereocenters. The number of nitrogens with zero attached hydrogens (tertiary/aromatic N) is 1. The van der Waals surface area contributed by atoms with Gasteiger partial charge in [-0.15, -0.1) is 0 Å². The third kappa shape index (κ3) is 2.78. The Morgan fingerprint density at radius 1 is 1.42 bits per heavy atom. The monoisotopic (exact) mass is 261 g/mol. The molecular weight excluding hydrogens is 242 g/mol. The molecule has 0 radical (unpaired) electrons. The van der Waals surface area contributed by atoms with Gasteiger partial charge in [0, 0.05) is 12.1 Å². The first-order chi connectivity index (χ1) is 9.15. The molecular formula is C15H19NO3. The molecule has 1 aromatic rings. The first kappa shape index (κ1) is 13.6. The molecule has 1 aliphatic rings. The molecule has 1 N–H and O–H groups in total. The molecule has 0 aromatic heterocycles. The van der Waals surface area contributed by atoms with Gasteiger partial charge in [-0.2, -0.15) is 0 Å². The Hall–Kier alpha value is -1.84. The van der Waals surface area contributed by atoms with Gasteiger partial charge in [-0.3, -0.25) is 4.79 Å². The summed E-state index contributed by atoms with van der Waals surface area (Å²) in [5, 5.41) is 9.32. The number of benzene rings is 1. The molecule has 1 aromatic carbocycles. The summed E-state index contributed by atoms with van der Waals surface area (Å²) < 4.78 is 0. The van der Waals surface area contributed by atoms with E-state index in [0.717, 1.165) is 24.8 Å². The molecule has 0 bridgehead atoms. The van der Waals surface area contributed by atoms with Gasteiger partial charge in [-0.1, -0.05) is 38.0 Å². The van der Waals surface area contributed by atoms with E-state index in [2.05, 4.69) is 0 Å². The summed E-state index contributed by atoms with van der Waals surface area (Å²) in [4.78, 5) is 25.3. The van der Waals surface area contributed by atoms with Crippen LogP contribution in [0.2, 0.25) is 0 Å². The smallest absolute Gasteiger partial charge is 0.326 e. The number of carboxylic acids is 1. The fraction of sp³-hybridized carbons (Fsp3) is 0.467. The molecule has 0 saturated heterocycles. The van der Waals surface area contributed by atoms with E-state index in [9.17, 15) is 14.7 Å². The molecule has 2 rings (SSSR count). The summed E-state index contributed by atoms with van der Waals surface area (Å²) in [5.41, 5.74) is 1.67. The largest absolute Gasteiger partial charge is 0.480 e. The molecule has 0 fully saturated rings. The van der Waals surface area contributed by atoms with Crippen LogP contribution in [0.3, 0.4) is 0 Å². The summed E-state index contributed by atoms with van der Waals surface area (Å²) in [6.07, 6.45) is 3.02. The highest BCUT2D eigenvalue weighted by Crippen LogP contribution is 2.22. The second kappa shape index (κ2) is 5.87. The van der Waals surface area contributed by atoms with Gasteiger partial charge in [0.15, 0.2) is 0 Å². The molecule has 4 nitrogen and oxygen atoms in total. The van der Waals surface area contributed by atoms with Gasteiger partial charge in [0.25, 0.3) is 5.91 Å². The van der Waals surface area contributed by atoms with E-state index in [1.54, 1.807) is 6.07 Å². The highest BCUT2D eigenvalue weighted by molar-refractivity contribution is 5.98. The van der Waals surface area contributed by atoms with Crippen molar-refractivity contribution in [2.45, 2.75) is 38.6 Å². The first-order valence-corrected chi connectivity index (χ1v) is 6.76. The zero-order valence-electron chi connectivity index (χ0n) is 11.1. The molecule has 1 aliphatic heterocycles. The quantitative estimate of drug-likeness (QED) is 0.885. The SMILES string of the molecule is CCCCC(C(=O)O)N1CCc2ccccc2C1=O. The summed E-state index contributed by atoms with van der Waals surface area (Å²) >= 11 is 0. The molecule has 102 valence electrons. The van der Waals surface area contributed by atoms with Gasteiger partial charge in [-0.25, -0.2) is 4.79 Å². The number of aliphatic carboxylic acids is 1. The van der Waals surface area contributed by atoms with Crippen LogP contribution in [0.4, 0.5) is 0 Å². The minimum atomic E-state index is -0.902. The van der Waals surface area contributed by atoms with Crippen LogP contribution in [-0.4, -0.2) is 34.5 Å². The standard InChI is InChI=1S/C15H19NO3/c1-2-3-8-13(15(18)19)16-10-9-11-6-4-5-7-12(11)14(16)17/h4-7,13H,2-3,8-10H2,1H3,(H,18,19). The van der Waals surface area contributed by atoms with E-state index in [1.165, 1.54) is 4.90 Å². The summed E-state index contributed by atoms with van der Waals surface area (Å²) in [5.74, 6) is -1.05. The normalized spacial score (nSPS) is 16.1. The average molecular weight is 261 g/mol. The van der Waals surface area contributed by atoms with Crippen LogP contribution in [0.5, 0.6) is 0 Å². The van der Waals surface area contributed by atoms with E-state index in [-0.39, 0.29) is 5.91 Å². The van der Waals surface area contributed by atoms with Crippen molar-refractivity contribution in [3.05, 3.63) is 35.4 Å². The van der Waals surface area contributed by atoms with Crippen molar-refractivity contribution in [1.29, 1.82) is 0 Å². The number of unbranched alkanes of at least 4 members (excludes halogenated alkanes) is 1. The van der Waals surface area contributed by atoms with E-state index < -0.39 is 12.0 Å². The number of fused-ring (bicyclic) bond motifs is 1. The van der Waals surface area contributed by atoms with Crippen molar-refractivity contribution in [2.75, 3.05) is 6.54 Å². The maximum atomic E-state index is 12.4. The third-order valence-corrected chi connectivity index (χ3v) is 3.62. The second-order valence-corrected chi connectivity index (χ2v) is 4.90. The molecule has 0 aliphatic carbocycles. The Morgan fingerprint density at radius 3 is 2.84 bits per heavy atom. The van der Waals surface area contributed by atoms with Gasteiger partial charge in [0.1, 0.15) is 6.04 Å². The number of hydrogen-bond acceptors (Lipinski definition) is 2. The maximum absolute atomic E-state index is 12.4. The topological polar surface area (TPSA) is 57.6 Å². The maximum Gasteiger partial charge on any atom is 0.326 e. The van der Waals surface area contributed by atoms with Crippen LogP contribution in [0.1, 0.15) is 42.1 Å². The molecule has 1 atom stereocenters. The Morgan fingerprint density at radius 2 is 2.16 bits per heavy atom. The lowest BCUT2D eigenvalue weighted by atomic mass is 9.96.